The highest BCUT2D eigenvalue weighted by Crippen LogP contribution is 2.17. The predicted molar refractivity (Wildman–Crippen MR) is 92.1 cm³/mol. The summed E-state index contributed by atoms with van der Waals surface area (Å²) in [6.07, 6.45) is 3.09. The van der Waals surface area contributed by atoms with E-state index in [-0.39, 0.29) is 17.7 Å². The summed E-state index contributed by atoms with van der Waals surface area (Å²) in [7, 11) is 1.68. The Balaban J connectivity index is 1.61. The van der Waals surface area contributed by atoms with Gasteiger partial charge in [0.05, 0.1) is 12.6 Å². The number of aliphatic hydroxyl groups is 1. The molecule has 0 radical (unpaired) electrons. The lowest BCUT2D eigenvalue weighted by atomic mass is 10.1. The van der Waals surface area contributed by atoms with Crippen molar-refractivity contribution in [3.8, 4) is 0 Å². The van der Waals surface area contributed by atoms with Crippen LogP contribution in [0.2, 0.25) is 5.15 Å². The van der Waals surface area contributed by atoms with Gasteiger partial charge < -0.3 is 14.5 Å². The first-order chi connectivity index (χ1) is 12.0. The van der Waals surface area contributed by atoms with E-state index in [0.29, 0.717) is 30.5 Å². The lowest BCUT2D eigenvalue weighted by Crippen LogP contribution is -2.37. The smallest absolute Gasteiger partial charge is 0.276 e. The Morgan fingerprint density at radius 3 is 3.16 bits per heavy atom. The normalized spacial score (nSPS) is 18.3. The summed E-state index contributed by atoms with van der Waals surface area (Å²) >= 11 is 6.03. The number of hydrogen-bond donors (Lipinski definition) is 1. The molecule has 0 aromatic carbocycles. The Hall–Kier alpha value is -1.96. The topological polar surface area (TPSA) is 82.7 Å². The van der Waals surface area contributed by atoms with Gasteiger partial charge in [0.1, 0.15) is 5.15 Å². The maximum Gasteiger partial charge on any atom is 0.276 e. The summed E-state index contributed by atoms with van der Waals surface area (Å²) in [6, 6.07) is 5.26. The number of halogens is 1. The predicted octanol–water partition coefficient (Wildman–Crippen LogP) is 1.95. The molecule has 0 aliphatic carbocycles. The number of β-amino-alcohol motifs (C(OH)–C–C–N with tert-alkyl or cyclic N) is 1. The molecule has 7 nitrogen and oxygen atoms in total. The van der Waals surface area contributed by atoms with Crippen molar-refractivity contribution in [1.82, 2.24) is 19.9 Å². The molecule has 1 amide bonds. The van der Waals surface area contributed by atoms with Gasteiger partial charge in [0.2, 0.25) is 0 Å². The minimum Gasteiger partial charge on any atom is -0.392 e. The molecule has 1 saturated heterocycles. The number of aromatic nitrogens is 2. The second-order valence-corrected chi connectivity index (χ2v) is 6.68. The summed E-state index contributed by atoms with van der Waals surface area (Å²) in [5, 5.41) is 14.0. The van der Waals surface area contributed by atoms with Crippen molar-refractivity contribution in [1.29, 1.82) is 0 Å². The number of hydrogen-bond acceptors (Lipinski definition) is 6. The van der Waals surface area contributed by atoms with Crippen LogP contribution in [0.25, 0.3) is 0 Å². The van der Waals surface area contributed by atoms with Crippen molar-refractivity contribution in [3.63, 3.8) is 0 Å². The van der Waals surface area contributed by atoms with Crippen LogP contribution < -0.4 is 0 Å². The number of pyridine rings is 1. The van der Waals surface area contributed by atoms with E-state index in [1.54, 1.807) is 25.4 Å². The van der Waals surface area contributed by atoms with Crippen molar-refractivity contribution in [3.05, 3.63) is 46.6 Å². The van der Waals surface area contributed by atoms with Gasteiger partial charge in [-0.15, -0.1) is 0 Å². The van der Waals surface area contributed by atoms with Gasteiger partial charge in [-0.1, -0.05) is 22.8 Å². The SMILES string of the molecule is CN(Cc1cccnc1Cl)C(=O)c1cc(CN2CCCC(O)C2)on1. The van der Waals surface area contributed by atoms with Crippen LogP contribution in [0.5, 0.6) is 0 Å². The van der Waals surface area contributed by atoms with Crippen molar-refractivity contribution >= 4 is 17.5 Å². The van der Waals surface area contributed by atoms with Gasteiger partial charge in [-0.05, 0) is 25.5 Å². The highest BCUT2D eigenvalue weighted by atomic mass is 35.5. The fraction of sp³-hybridized carbons (Fsp3) is 0.471. The number of rotatable bonds is 5. The number of amides is 1. The van der Waals surface area contributed by atoms with Crippen LogP contribution in [0.1, 0.15) is 34.7 Å². The van der Waals surface area contributed by atoms with Crippen LogP contribution in [0.15, 0.2) is 28.9 Å². The molecular formula is C17H21ClN4O3. The monoisotopic (exact) mass is 364 g/mol. The number of carbonyl (C=O) groups is 1. The molecule has 2 aromatic heterocycles. The molecule has 2 aromatic rings. The minimum atomic E-state index is -0.298. The fourth-order valence-electron chi connectivity index (χ4n) is 2.94. The maximum atomic E-state index is 12.5. The van der Waals surface area contributed by atoms with Gasteiger partial charge in [0, 0.05) is 38.0 Å². The number of nitrogens with zero attached hydrogens (tertiary/aromatic N) is 4. The average molecular weight is 365 g/mol. The molecular weight excluding hydrogens is 344 g/mol. The lowest BCUT2D eigenvalue weighted by molar-refractivity contribution is 0.0622. The van der Waals surface area contributed by atoms with Gasteiger partial charge in [0.25, 0.3) is 5.91 Å². The molecule has 8 heteroatoms. The van der Waals surface area contributed by atoms with Crippen LogP contribution in [0.3, 0.4) is 0 Å². The van der Waals surface area contributed by atoms with Gasteiger partial charge in [-0.2, -0.15) is 0 Å². The number of carbonyl (C=O) groups excluding carboxylic acids is 1. The second kappa shape index (κ2) is 7.95. The highest BCUT2D eigenvalue weighted by Gasteiger charge is 2.22. The number of likely N-dealkylation sites (tertiary alicyclic amines) is 1. The molecule has 1 aliphatic heterocycles. The zero-order chi connectivity index (χ0) is 17.8. The summed E-state index contributed by atoms with van der Waals surface area (Å²) in [6.45, 7) is 2.39. The molecule has 1 N–H and O–H groups in total. The quantitative estimate of drug-likeness (QED) is 0.816. The van der Waals surface area contributed by atoms with Gasteiger partial charge in [-0.25, -0.2) is 4.98 Å². The van der Waals surface area contributed by atoms with Crippen LogP contribution in [-0.4, -0.2) is 57.2 Å². The average Bonchev–Trinajstić information content (AvgIpc) is 3.04. The molecule has 0 spiro atoms. The van der Waals surface area contributed by atoms with E-state index < -0.39 is 0 Å². The molecule has 25 heavy (non-hydrogen) atoms. The van der Waals surface area contributed by atoms with E-state index in [2.05, 4.69) is 15.0 Å². The second-order valence-electron chi connectivity index (χ2n) is 6.32. The summed E-state index contributed by atoms with van der Waals surface area (Å²) in [5.41, 5.74) is 1.03. The van der Waals surface area contributed by atoms with E-state index in [0.717, 1.165) is 24.9 Å². The van der Waals surface area contributed by atoms with Gasteiger partial charge >= 0.3 is 0 Å². The first-order valence-electron chi connectivity index (χ1n) is 8.24. The molecule has 1 fully saturated rings. The summed E-state index contributed by atoms with van der Waals surface area (Å²) in [4.78, 5) is 20.1. The maximum absolute atomic E-state index is 12.5. The fourth-order valence-corrected chi connectivity index (χ4v) is 3.12. The minimum absolute atomic E-state index is 0.242. The number of aliphatic hydroxyl groups excluding tert-OH is 1. The number of piperidine rings is 1. The first-order valence-corrected chi connectivity index (χ1v) is 8.61. The third-order valence-electron chi connectivity index (χ3n) is 4.23. The molecule has 1 unspecified atom stereocenters. The van der Waals surface area contributed by atoms with Gasteiger partial charge in [0.15, 0.2) is 11.5 Å². The highest BCUT2D eigenvalue weighted by molar-refractivity contribution is 6.30. The van der Waals surface area contributed by atoms with Crippen molar-refractivity contribution < 1.29 is 14.4 Å². The van der Waals surface area contributed by atoms with Crippen molar-refractivity contribution in [2.75, 3.05) is 20.1 Å². The van der Waals surface area contributed by atoms with E-state index in [9.17, 15) is 9.90 Å². The summed E-state index contributed by atoms with van der Waals surface area (Å²) in [5.74, 6) is 0.374. The molecule has 1 atom stereocenters. The molecule has 0 saturated carbocycles. The summed E-state index contributed by atoms with van der Waals surface area (Å²) < 4.78 is 5.29. The third-order valence-corrected chi connectivity index (χ3v) is 4.57. The van der Waals surface area contributed by atoms with E-state index in [1.165, 1.54) is 4.90 Å². The van der Waals surface area contributed by atoms with Gasteiger partial charge in [-0.3, -0.25) is 9.69 Å². The Morgan fingerprint density at radius 2 is 2.40 bits per heavy atom. The molecule has 3 rings (SSSR count). The Morgan fingerprint density at radius 1 is 1.56 bits per heavy atom. The molecule has 3 heterocycles. The zero-order valence-corrected chi connectivity index (χ0v) is 14.8. The third kappa shape index (κ3) is 4.56. The van der Waals surface area contributed by atoms with Crippen LogP contribution >= 0.6 is 11.6 Å². The molecule has 0 bridgehead atoms. The standard InChI is InChI=1S/C17H21ClN4O3/c1-21(9-12-4-2-6-19-16(12)18)17(24)15-8-14(25-20-15)11-22-7-3-5-13(23)10-22/h2,4,6,8,13,23H,3,5,7,9-11H2,1H3. The lowest BCUT2D eigenvalue weighted by Gasteiger charge is -2.28. The first kappa shape index (κ1) is 17.8. The Bertz CT molecular complexity index is 736. The zero-order valence-electron chi connectivity index (χ0n) is 14.1. The van der Waals surface area contributed by atoms with Crippen LogP contribution in [0, 0.1) is 0 Å². The Labute approximate surface area is 151 Å². The van der Waals surface area contributed by atoms with E-state index in [1.807, 2.05) is 6.07 Å². The van der Waals surface area contributed by atoms with Crippen LogP contribution in [0.4, 0.5) is 0 Å². The van der Waals surface area contributed by atoms with Crippen LogP contribution in [-0.2, 0) is 13.1 Å². The molecule has 134 valence electrons. The Kier molecular flexibility index (Phi) is 5.67. The largest absolute Gasteiger partial charge is 0.392 e. The molecule has 1 aliphatic rings. The van der Waals surface area contributed by atoms with E-state index in [4.69, 9.17) is 16.1 Å². The van der Waals surface area contributed by atoms with Crippen molar-refractivity contribution in [2.45, 2.75) is 32.0 Å². The van der Waals surface area contributed by atoms with E-state index >= 15 is 0 Å². The van der Waals surface area contributed by atoms with Crippen molar-refractivity contribution in [2.24, 2.45) is 0 Å².